The molecule has 0 radical (unpaired) electrons. The van der Waals surface area contributed by atoms with Crippen LogP contribution in [0.4, 0.5) is 0 Å². The molecule has 15 heavy (non-hydrogen) atoms. The first-order chi connectivity index (χ1) is 7.28. The van der Waals surface area contributed by atoms with Crippen molar-refractivity contribution in [3.8, 4) is 0 Å². The lowest BCUT2D eigenvalue weighted by molar-refractivity contribution is -0.178. The smallest absolute Gasteiger partial charge is 0.113 e. The van der Waals surface area contributed by atoms with E-state index in [-0.39, 0.29) is 5.60 Å². The Morgan fingerprint density at radius 3 is 2.07 bits per heavy atom. The molecule has 84 valence electrons. The maximum Gasteiger partial charge on any atom is 0.113 e. The van der Waals surface area contributed by atoms with Gasteiger partial charge < -0.3 is 4.74 Å². The van der Waals surface area contributed by atoms with Crippen molar-refractivity contribution in [2.45, 2.75) is 51.0 Å². The van der Waals surface area contributed by atoms with Gasteiger partial charge in [-0.3, -0.25) is 0 Å². The zero-order chi connectivity index (χ0) is 10.5. The van der Waals surface area contributed by atoms with Gasteiger partial charge in [-0.15, -0.1) is 0 Å². The normalized spacial score (nSPS) is 51.8. The van der Waals surface area contributed by atoms with Crippen LogP contribution >= 0.6 is 0 Å². The molecule has 0 aromatic heterocycles. The molecule has 1 heteroatoms. The van der Waals surface area contributed by atoms with Gasteiger partial charge in [0.1, 0.15) is 5.60 Å². The Morgan fingerprint density at radius 1 is 1.13 bits per heavy atom. The van der Waals surface area contributed by atoms with Crippen LogP contribution in [0.3, 0.4) is 0 Å². The average Bonchev–Trinajstić information content (AvgIpc) is 2.23. The van der Waals surface area contributed by atoms with Crippen LogP contribution in [-0.2, 0) is 4.74 Å². The molecule has 4 fully saturated rings. The van der Waals surface area contributed by atoms with Crippen LogP contribution in [-0.4, -0.2) is 5.60 Å². The molecular formula is C14H22O. The minimum atomic E-state index is 0.176. The van der Waals surface area contributed by atoms with Gasteiger partial charge in [-0.1, -0.05) is 13.5 Å². The molecule has 4 saturated carbocycles. The summed E-state index contributed by atoms with van der Waals surface area (Å²) >= 11 is 0. The Bertz CT molecular complexity index is 241. The van der Waals surface area contributed by atoms with Gasteiger partial charge in [-0.05, 0) is 62.2 Å². The zero-order valence-electron chi connectivity index (χ0n) is 9.74. The van der Waals surface area contributed by atoms with Crippen LogP contribution in [0.25, 0.3) is 0 Å². The summed E-state index contributed by atoms with van der Waals surface area (Å²) in [4.78, 5) is 0. The topological polar surface area (TPSA) is 9.23 Å². The Kier molecular flexibility index (Phi) is 2.12. The van der Waals surface area contributed by atoms with Crippen molar-refractivity contribution >= 4 is 0 Å². The third-order valence-electron chi connectivity index (χ3n) is 5.38. The second-order valence-electron chi connectivity index (χ2n) is 5.90. The molecule has 4 bridgehead atoms. The number of ether oxygens (including phenoxy) is 1. The van der Waals surface area contributed by atoms with Crippen molar-refractivity contribution < 1.29 is 4.74 Å². The van der Waals surface area contributed by atoms with Gasteiger partial charge in [0.15, 0.2) is 0 Å². The Morgan fingerprint density at radius 2 is 1.67 bits per heavy atom. The van der Waals surface area contributed by atoms with Gasteiger partial charge in [-0.25, -0.2) is 0 Å². The summed E-state index contributed by atoms with van der Waals surface area (Å²) in [5, 5.41) is 0. The van der Waals surface area contributed by atoms with E-state index in [1.54, 1.807) is 6.26 Å². The van der Waals surface area contributed by atoms with Crippen LogP contribution in [0, 0.1) is 23.7 Å². The van der Waals surface area contributed by atoms with Gasteiger partial charge in [0.05, 0.1) is 6.26 Å². The highest BCUT2D eigenvalue weighted by molar-refractivity contribution is 5.07. The summed E-state index contributed by atoms with van der Waals surface area (Å²) in [6.07, 6.45) is 10.1. The highest BCUT2D eigenvalue weighted by Crippen LogP contribution is 2.60. The molecule has 0 saturated heterocycles. The number of rotatable bonds is 3. The fourth-order valence-corrected chi connectivity index (χ4v) is 4.99. The highest BCUT2D eigenvalue weighted by Gasteiger charge is 2.57. The third kappa shape index (κ3) is 1.21. The van der Waals surface area contributed by atoms with Crippen molar-refractivity contribution in [3.05, 3.63) is 12.8 Å². The van der Waals surface area contributed by atoms with Crippen LogP contribution < -0.4 is 0 Å². The van der Waals surface area contributed by atoms with E-state index in [0.29, 0.717) is 0 Å². The van der Waals surface area contributed by atoms with E-state index < -0.39 is 0 Å². The molecule has 4 rings (SSSR count). The Hall–Kier alpha value is -0.460. The predicted octanol–water partition coefficient (Wildman–Crippen LogP) is 3.75. The summed E-state index contributed by atoms with van der Waals surface area (Å²) in [6.45, 7) is 6.08. The van der Waals surface area contributed by atoms with Gasteiger partial charge in [0.2, 0.25) is 0 Å². The van der Waals surface area contributed by atoms with Crippen molar-refractivity contribution in [1.82, 2.24) is 0 Å². The first-order valence-corrected chi connectivity index (χ1v) is 6.57. The van der Waals surface area contributed by atoms with Gasteiger partial charge >= 0.3 is 0 Å². The predicted molar refractivity (Wildman–Crippen MR) is 61.3 cm³/mol. The first-order valence-electron chi connectivity index (χ1n) is 6.57. The average molecular weight is 206 g/mol. The lowest BCUT2D eigenvalue weighted by atomic mass is 9.49. The summed E-state index contributed by atoms with van der Waals surface area (Å²) in [7, 11) is 0. The molecule has 0 aliphatic heterocycles. The van der Waals surface area contributed by atoms with Gasteiger partial charge in [0.25, 0.3) is 0 Å². The van der Waals surface area contributed by atoms with E-state index in [9.17, 15) is 0 Å². The second-order valence-corrected chi connectivity index (χ2v) is 5.90. The van der Waals surface area contributed by atoms with Crippen LogP contribution in [0.15, 0.2) is 12.8 Å². The van der Waals surface area contributed by atoms with Crippen molar-refractivity contribution in [2.75, 3.05) is 0 Å². The molecule has 0 spiro atoms. The monoisotopic (exact) mass is 206 g/mol. The minimum Gasteiger partial charge on any atom is -0.495 e. The quantitative estimate of drug-likeness (QED) is 0.639. The molecule has 0 aromatic rings. The lowest BCUT2D eigenvalue weighted by Gasteiger charge is -2.60. The van der Waals surface area contributed by atoms with Crippen LogP contribution in [0.5, 0.6) is 0 Å². The van der Waals surface area contributed by atoms with Crippen molar-refractivity contribution in [1.29, 1.82) is 0 Å². The number of hydrogen-bond acceptors (Lipinski definition) is 1. The highest BCUT2D eigenvalue weighted by atomic mass is 16.5. The molecule has 0 aromatic carbocycles. The van der Waals surface area contributed by atoms with Gasteiger partial charge in [0, 0.05) is 0 Å². The molecule has 0 amide bonds. The largest absolute Gasteiger partial charge is 0.495 e. The zero-order valence-corrected chi connectivity index (χ0v) is 9.74. The van der Waals surface area contributed by atoms with Crippen molar-refractivity contribution in [3.63, 3.8) is 0 Å². The van der Waals surface area contributed by atoms with E-state index in [1.807, 2.05) is 0 Å². The summed E-state index contributed by atoms with van der Waals surface area (Å²) in [5.41, 5.74) is 0.176. The van der Waals surface area contributed by atoms with Crippen LogP contribution in [0.1, 0.15) is 45.4 Å². The summed E-state index contributed by atoms with van der Waals surface area (Å²) < 4.78 is 6.02. The second kappa shape index (κ2) is 3.26. The number of hydrogen-bond donors (Lipinski definition) is 0. The first kappa shape index (κ1) is 9.74. The minimum absolute atomic E-state index is 0.176. The van der Waals surface area contributed by atoms with Crippen LogP contribution in [0.2, 0.25) is 0 Å². The van der Waals surface area contributed by atoms with E-state index in [0.717, 1.165) is 23.7 Å². The maximum absolute atomic E-state index is 6.02. The fourth-order valence-electron chi connectivity index (χ4n) is 4.99. The van der Waals surface area contributed by atoms with E-state index in [4.69, 9.17) is 4.74 Å². The maximum atomic E-state index is 6.02. The molecule has 1 nitrogen and oxygen atoms in total. The molecule has 0 N–H and O–H groups in total. The van der Waals surface area contributed by atoms with E-state index >= 15 is 0 Å². The molecule has 4 aliphatic carbocycles. The summed E-state index contributed by atoms with van der Waals surface area (Å²) in [5.74, 6) is 3.72. The molecule has 4 aliphatic rings. The molecule has 0 unspecified atom stereocenters. The fraction of sp³-hybridized carbons (Fsp3) is 0.857. The van der Waals surface area contributed by atoms with E-state index in [2.05, 4.69) is 13.5 Å². The Balaban J connectivity index is 1.92. The summed E-state index contributed by atoms with van der Waals surface area (Å²) in [6, 6.07) is 0. The standard InChI is InChI=1S/C14H22O/c1-3-14(15-4-2)12-6-10-5-11(8-12)9-13(14)7-10/h4,10-13H,2-3,5-9H2,1H3. The SMILES string of the molecule is C=COC1(CC)C2CC3CC(C2)CC1C3. The van der Waals surface area contributed by atoms with Crippen molar-refractivity contribution in [2.24, 2.45) is 23.7 Å². The van der Waals surface area contributed by atoms with Gasteiger partial charge in [-0.2, -0.15) is 0 Å². The molecular weight excluding hydrogens is 184 g/mol. The molecule has 0 atom stereocenters. The third-order valence-corrected chi connectivity index (χ3v) is 5.38. The molecule has 0 heterocycles. The Labute approximate surface area is 92.9 Å². The van der Waals surface area contributed by atoms with E-state index in [1.165, 1.54) is 38.5 Å². The lowest BCUT2D eigenvalue weighted by Crippen LogP contribution is -2.58.